The lowest BCUT2D eigenvalue weighted by Gasteiger charge is -2.13. The van der Waals surface area contributed by atoms with Crippen LogP contribution in [0.2, 0.25) is 0 Å². The van der Waals surface area contributed by atoms with E-state index < -0.39 is 0 Å². The zero-order chi connectivity index (χ0) is 31.7. The van der Waals surface area contributed by atoms with Gasteiger partial charge in [0.25, 0.3) is 0 Å². The summed E-state index contributed by atoms with van der Waals surface area (Å²) >= 11 is 10.7. The van der Waals surface area contributed by atoms with E-state index in [-0.39, 0.29) is 19.8 Å². The van der Waals surface area contributed by atoms with Gasteiger partial charge in [0.2, 0.25) is 0 Å². The molecule has 2 aromatic carbocycles. The number of aliphatic hydroxyl groups is 3. The SMILES string of the molecule is COc1cc(CO)c(-c2cc3sc4cc(-c5cc6sc7cc(-c8c(OC)cc(CO)cc8OC)sc7c6s5)sc4c3s2)c(CO)c1. The molecular weight excluding hydrogens is 697 g/mol. The summed E-state index contributed by atoms with van der Waals surface area (Å²) in [5.74, 6) is 2.01. The van der Waals surface area contributed by atoms with Gasteiger partial charge in [0.05, 0.1) is 65.5 Å². The number of hydrogen-bond acceptors (Lipinski definition) is 12. The Morgan fingerprint density at radius 3 is 1.26 bits per heavy atom. The van der Waals surface area contributed by atoms with Gasteiger partial charge in [-0.3, -0.25) is 0 Å². The average molecular weight is 723 g/mol. The van der Waals surface area contributed by atoms with Gasteiger partial charge < -0.3 is 29.5 Å². The zero-order valence-corrected chi connectivity index (χ0v) is 29.7. The molecule has 8 rings (SSSR count). The lowest BCUT2D eigenvalue weighted by atomic mass is 9.99. The lowest BCUT2D eigenvalue weighted by molar-refractivity contribution is 0.275. The monoisotopic (exact) mass is 722 g/mol. The van der Waals surface area contributed by atoms with Crippen molar-refractivity contribution >= 4 is 106 Å². The highest BCUT2D eigenvalue weighted by atomic mass is 32.1. The molecule has 46 heavy (non-hydrogen) atoms. The molecule has 8 aromatic rings. The van der Waals surface area contributed by atoms with Gasteiger partial charge in [-0.05, 0) is 65.2 Å². The molecule has 0 aliphatic rings. The molecule has 0 spiro atoms. The summed E-state index contributed by atoms with van der Waals surface area (Å²) in [6.07, 6.45) is 0. The van der Waals surface area contributed by atoms with Gasteiger partial charge in [0.1, 0.15) is 17.2 Å². The first kappa shape index (κ1) is 30.3. The van der Waals surface area contributed by atoms with Crippen molar-refractivity contribution in [3.63, 3.8) is 0 Å². The fourth-order valence-electron chi connectivity index (χ4n) is 5.88. The number of ether oxygens (including phenoxy) is 3. The Balaban J connectivity index is 1.18. The van der Waals surface area contributed by atoms with Crippen LogP contribution in [0.4, 0.5) is 0 Å². The number of aliphatic hydroxyl groups excluding tert-OH is 3. The number of rotatable bonds is 9. The molecule has 6 nitrogen and oxygen atoms in total. The number of hydrogen-bond donors (Lipinski definition) is 3. The summed E-state index contributed by atoms with van der Waals surface area (Å²) < 4.78 is 26.9. The largest absolute Gasteiger partial charge is 0.497 e. The van der Waals surface area contributed by atoms with E-state index in [1.54, 1.807) is 55.3 Å². The Morgan fingerprint density at radius 1 is 0.457 bits per heavy atom. The molecule has 0 aliphatic carbocycles. The first-order valence-corrected chi connectivity index (χ1v) is 19.1. The molecule has 0 saturated heterocycles. The van der Waals surface area contributed by atoms with E-state index in [1.807, 2.05) is 58.3 Å². The molecule has 0 atom stereocenters. The van der Waals surface area contributed by atoms with Crippen molar-refractivity contribution in [3.05, 3.63) is 65.2 Å². The summed E-state index contributed by atoms with van der Waals surface area (Å²) in [6.45, 7) is -0.340. The molecule has 0 fully saturated rings. The van der Waals surface area contributed by atoms with Gasteiger partial charge in [-0.2, -0.15) is 0 Å². The third kappa shape index (κ3) is 4.78. The van der Waals surface area contributed by atoms with Crippen LogP contribution in [0.5, 0.6) is 17.2 Å². The minimum Gasteiger partial charge on any atom is -0.497 e. The average Bonchev–Trinajstić information content (AvgIpc) is 3.91. The predicted octanol–water partition coefficient (Wildman–Crippen LogP) is 10.2. The van der Waals surface area contributed by atoms with Crippen molar-refractivity contribution in [2.24, 2.45) is 0 Å². The van der Waals surface area contributed by atoms with E-state index in [2.05, 4.69) is 24.3 Å². The molecule has 6 heterocycles. The maximum atomic E-state index is 10.1. The first-order chi connectivity index (χ1) is 22.5. The normalized spacial score (nSPS) is 12.0. The van der Waals surface area contributed by atoms with Crippen LogP contribution in [0.1, 0.15) is 16.7 Å². The predicted molar refractivity (Wildman–Crippen MR) is 197 cm³/mol. The molecule has 0 bridgehead atoms. The molecule has 0 amide bonds. The number of thiophene rings is 6. The highest BCUT2D eigenvalue weighted by Gasteiger charge is 2.22. The molecular formula is C34H26O6S6. The third-order valence-electron chi connectivity index (χ3n) is 7.98. The van der Waals surface area contributed by atoms with Gasteiger partial charge in [0.15, 0.2) is 0 Å². The van der Waals surface area contributed by atoms with Crippen molar-refractivity contribution in [1.29, 1.82) is 0 Å². The van der Waals surface area contributed by atoms with Crippen LogP contribution in [0, 0.1) is 0 Å². The van der Waals surface area contributed by atoms with Crippen LogP contribution >= 0.6 is 68.0 Å². The first-order valence-electron chi connectivity index (χ1n) is 14.2. The zero-order valence-electron chi connectivity index (χ0n) is 24.8. The van der Waals surface area contributed by atoms with Crippen LogP contribution < -0.4 is 14.2 Å². The van der Waals surface area contributed by atoms with E-state index in [0.717, 1.165) is 37.6 Å². The Kier molecular flexibility index (Phi) is 7.83. The van der Waals surface area contributed by atoms with Crippen molar-refractivity contribution in [2.45, 2.75) is 19.8 Å². The highest BCUT2D eigenvalue weighted by Crippen LogP contribution is 2.54. The number of benzene rings is 2. The molecule has 3 N–H and O–H groups in total. The van der Waals surface area contributed by atoms with Gasteiger partial charge >= 0.3 is 0 Å². The minimum absolute atomic E-state index is 0.0807. The second-order valence-electron chi connectivity index (χ2n) is 10.6. The van der Waals surface area contributed by atoms with Crippen LogP contribution in [-0.4, -0.2) is 36.6 Å². The van der Waals surface area contributed by atoms with Crippen LogP contribution in [0.25, 0.3) is 68.2 Å². The molecule has 6 aromatic heterocycles. The van der Waals surface area contributed by atoms with Gasteiger partial charge in [-0.15, -0.1) is 68.0 Å². The number of fused-ring (bicyclic) bond motifs is 6. The smallest absolute Gasteiger partial charge is 0.131 e. The standard InChI is InChI=1S/C34H26O6S6/c1-38-18-6-16(13-36)29(17(7-18)14-37)23-10-27-33(45-23)31-25(41-27)8-21(43-31)22-9-26-32(44-22)34-28(42-26)11-24(46-34)30-19(39-2)4-15(12-35)5-20(30)40-3/h4-11,35-37H,12-14H2,1-3H3. The summed E-state index contributed by atoms with van der Waals surface area (Å²) in [5.41, 5.74) is 4.05. The maximum Gasteiger partial charge on any atom is 0.131 e. The van der Waals surface area contributed by atoms with Crippen molar-refractivity contribution in [1.82, 2.24) is 0 Å². The molecule has 234 valence electrons. The Morgan fingerprint density at radius 2 is 0.870 bits per heavy atom. The van der Waals surface area contributed by atoms with Gasteiger partial charge in [0, 0.05) is 43.9 Å². The van der Waals surface area contributed by atoms with E-state index in [4.69, 9.17) is 14.2 Å². The topological polar surface area (TPSA) is 88.4 Å². The summed E-state index contributed by atoms with van der Waals surface area (Å²) in [6, 6.07) is 16.5. The van der Waals surface area contributed by atoms with Gasteiger partial charge in [-0.1, -0.05) is 0 Å². The number of methoxy groups -OCH3 is 3. The molecule has 12 heteroatoms. The molecule has 0 aliphatic heterocycles. The van der Waals surface area contributed by atoms with Crippen LogP contribution in [0.15, 0.2) is 48.5 Å². The van der Waals surface area contributed by atoms with Crippen LogP contribution in [0.3, 0.4) is 0 Å². The van der Waals surface area contributed by atoms with Crippen molar-refractivity contribution in [2.75, 3.05) is 21.3 Å². The van der Waals surface area contributed by atoms with Crippen molar-refractivity contribution in [3.8, 4) is 47.9 Å². The lowest BCUT2D eigenvalue weighted by Crippen LogP contribution is -1.97. The molecule has 0 unspecified atom stereocenters. The minimum atomic E-state index is -0.130. The highest BCUT2D eigenvalue weighted by molar-refractivity contribution is 7.42. The Hall–Kier alpha value is -3.04. The third-order valence-corrected chi connectivity index (χ3v) is 15.8. The van der Waals surface area contributed by atoms with Crippen LogP contribution in [-0.2, 0) is 19.8 Å². The fraction of sp³-hybridized carbons (Fsp3) is 0.176. The Labute approximate surface area is 287 Å². The second-order valence-corrected chi connectivity index (χ2v) is 17.0. The maximum absolute atomic E-state index is 10.1. The van der Waals surface area contributed by atoms with E-state index >= 15 is 0 Å². The Bertz CT molecular complexity index is 2200. The van der Waals surface area contributed by atoms with E-state index in [9.17, 15) is 15.3 Å². The molecule has 0 radical (unpaired) electrons. The van der Waals surface area contributed by atoms with Gasteiger partial charge in [-0.25, -0.2) is 0 Å². The second kappa shape index (κ2) is 11.9. The summed E-state index contributed by atoms with van der Waals surface area (Å²) in [7, 11) is 4.89. The summed E-state index contributed by atoms with van der Waals surface area (Å²) in [5, 5.41) is 30.0. The fourth-order valence-corrected chi connectivity index (χ4v) is 14.2. The quantitative estimate of drug-likeness (QED) is 0.138. The summed E-state index contributed by atoms with van der Waals surface area (Å²) in [4.78, 5) is 4.64. The van der Waals surface area contributed by atoms with E-state index in [1.165, 1.54) is 47.4 Å². The molecule has 0 saturated carbocycles. The van der Waals surface area contributed by atoms with E-state index in [0.29, 0.717) is 17.2 Å². The van der Waals surface area contributed by atoms with Crippen molar-refractivity contribution < 1.29 is 29.5 Å².